The molecule has 1 N–H and O–H groups in total. The first-order chi connectivity index (χ1) is 7.86. The lowest BCUT2D eigenvalue weighted by Gasteiger charge is -1.99. The summed E-state index contributed by atoms with van der Waals surface area (Å²) in [7, 11) is 0. The minimum atomic E-state index is 0.647. The number of hydrogen-bond acceptors (Lipinski definition) is 1. The molecule has 2 rings (SSSR count). The van der Waals surface area contributed by atoms with E-state index in [1.165, 1.54) is 0 Å². The van der Waals surface area contributed by atoms with Crippen LogP contribution >= 0.6 is 11.6 Å². The molecule has 0 atom stereocenters. The number of nitrogens with zero attached hydrogens (tertiary/aromatic N) is 1. The van der Waals surface area contributed by atoms with E-state index in [0.717, 1.165) is 11.4 Å². The second-order valence-corrected chi connectivity index (χ2v) is 3.63. The van der Waals surface area contributed by atoms with Gasteiger partial charge in [0.25, 0.3) is 0 Å². The van der Waals surface area contributed by atoms with Crippen molar-refractivity contribution in [3.63, 3.8) is 0 Å². The summed E-state index contributed by atoms with van der Waals surface area (Å²) in [5, 5.41) is 3.72. The van der Waals surface area contributed by atoms with Gasteiger partial charge in [0.05, 0.1) is 17.0 Å². The molecule has 0 aliphatic carbocycles. The number of anilines is 1. The smallest absolute Gasteiger partial charge is 0.0931 e. The van der Waals surface area contributed by atoms with Gasteiger partial charge in [0.1, 0.15) is 0 Å². The van der Waals surface area contributed by atoms with Crippen molar-refractivity contribution in [2.75, 3.05) is 5.32 Å². The van der Waals surface area contributed by atoms with Gasteiger partial charge in [0, 0.05) is 5.69 Å². The number of rotatable bonds is 3. The Balaban J connectivity index is 2.03. The molecule has 80 valence electrons. The van der Waals surface area contributed by atoms with Gasteiger partial charge in [-0.1, -0.05) is 41.9 Å². The Kier molecular flexibility index (Phi) is 3.57. The lowest BCUT2D eigenvalue weighted by molar-refractivity contribution is 1.52. The molecule has 0 aliphatic heterocycles. The fourth-order valence-electron chi connectivity index (χ4n) is 1.27. The number of para-hydroxylation sites is 2. The van der Waals surface area contributed by atoms with Gasteiger partial charge in [-0.05, 0) is 24.3 Å². The molecule has 0 saturated carbocycles. The van der Waals surface area contributed by atoms with Gasteiger partial charge in [-0.2, -0.15) is 0 Å². The number of aliphatic imine (C=N–C) groups is 1. The summed E-state index contributed by atoms with van der Waals surface area (Å²) in [6.07, 6.45) is 1.64. The van der Waals surface area contributed by atoms with Crippen molar-refractivity contribution in [2.45, 2.75) is 0 Å². The second kappa shape index (κ2) is 5.33. The van der Waals surface area contributed by atoms with Crippen LogP contribution in [0, 0.1) is 0 Å². The van der Waals surface area contributed by atoms with Crippen molar-refractivity contribution >= 4 is 29.3 Å². The number of nitrogens with one attached hydrogen (secondary N) is 1. The Hall–Kier alpha value is -1.80. The molecular weight excluding hydrogens is 220 g/mol. The largest absolute Gasteiger partial charge is 0.346 e. The molecule has 0 fully saturated rings. The Bertz CT molecular complexity index is 480. The summed E-state index contributed by atoms with van der Waals surface area (Å²) < 4.78 is 0. The van der Waals surface area contributed by atoms with E-state index in [-0.39, 0.29) is 0 Å². The molecule has 0 amide bonds. The van der Waals surface area contributed by atoms with Gasteiger partial charge in [-0.3, -0.25) is 0 Å². The van der Waals surface area contributed by atoms with Crippen LogP contribution < -0.4 is 5.32 Å². The van der Waals surface area contributed by atoms with Gasteiger partial charge in [0.15, 0.2) is 0 Å². The van der Waals surface area contributed by atoms with Gasteiger partial charge >= 0.3 is 0 Å². The maximum atomic E-state index is 5.96. The minimum absolute atomic E-state index is 0.647. The highest BCUT2D eigenvalue weighted by molar-refractivity contribution is 6.33. The molecule has 0 heterocycles. The summed E-state index contributed by atoms with van der Waals surface area (Å²) in [6.45, 7) is 0. The van der Waals surface area contributed by atoms with Gasteiger partial charge in [-0.15, -0.1) is 0 Å². The predicted octanol–water partition coefficient (Wildman–Crippen LogP) is 4.11. The number of hydrogen-bond donors (Lipinski definition) is 1. The highest BCUT2D eigenvalue weighted by Gasteiger charge is 1.93. The predicted molar refractivity (Wildman–Crippen MR) is 69.7 cm³/mol. The van der Waals surface area contributed by atoms with E-state index in [9.17, 15) is 0 Å². The maximum absolute atomic E-state index is 5.96. The average molecular weight is 231 g/mol. The molecule has 0 bridgehead atoms. The fraction of sp³-hybridized carbons (Fsp3) is 0. The van der Waals surface area contributed by atoms with E-state index >= 15 is 0 Å². The Morgan fingerprint density at radius 1 is 0.938 bits per heavy atom. The normalized spacial score (nSPS) is 10.6. The van der Waals surface area contributed by atoms with Crippen molar-refractivity contribution in [1.82, 2.24) is 0 Å². The van der Waals surface area contributed by atoms with Gasteiger partial charge < -0.3 is 5.32 Å². The molecule has 2 nitrogen and oxygen atoms in total. The molecule has 0 aromatic heterocycles. The summed E-state index contributed by atoms with van der Waals surface area (Å²) >= 11 is 5.96. The van der Waals surface area contributed by atoms with Crippen LogP contribution in [-0.4, -0.2) is 6.34 Å². The molecule has 0 saturated heterocycles. The van der Waals surface area contributed by atoms with E-state index < -0.39 is 0 Å². The molecule has 0 aliphatic rings. The molecule has 16 heavy (non-hydrogen) atoms. The zero-order chi connectivity index (χ0) is 11.2. The SMILES string of the molecule is Clc1ccccc1N=CNc1ccccc1. The lowest BCUT2D eigenvalue weighted by Crippen LogP contribution is -1.93. The minimum Gasteiger partial charge on any atom is -0.346 e. The summed E-state index contributed by atoms with van der Waals surface area (Å²) in [4.78, 5) is 4.23. The molecule has 0 radical (unpaired) electrons. The van der Waals surface area contributed by atoms with Crippen LogP contribution in [0.15, 0.2) is 59.6 Å². The zero-order valence-electron chi connectivity index (χ0n) is 8.60. The van der Waals surface area contributed by atoms with Crippen LogP contribution in [0.1, 0.15) is 0 Å². The topological polar surface area (TPSA) is 24.4 Å². The first-order valence-electron chi connectivity index (χ1n) is 4.95. The maximum Gasteiger partial charge on any atom is 0.0931 e. The third-order valence-electron chi connectivity index (χ3n) is 2.06. The Morgan fingerprint density at radius 3 is 2.38 bits per heavy atom. The van der Waals surface area contributed by atoms with Crippen molar-refractivity contribution in [3.8, 4) is 0 Å². The van der Waals surface area contributed by atoms with E-state index in [4.69, 9.17) is 11.6 Å². The van der Waals surface area contributed by atoms with Gasteiger partial charge in [0.2, 0.25) is 0 Å². The Labute approximate surface area is 99.6 Å². The second-order valence-electron chi connectivity index (χ2n) is 3.22. The van der Waals surface area contributed by atoms with Crippen LogP contribution in [0.5, 0.6) is 0 Å². The average Bonchev–Trinajstić information content (AvgIpc) is 2.33. The first kappa shape index (κ1) is 10.7. The molecule has 2 aromatic rings. The van der Waals surface area contributed by atoms with Crippen molar-refractivity contribution in [3.05, 3.63) is 59.6 Å². The van der Waals surface area contributed by atoms with Crippen LogP contribution in [0.4, 0.5) is 11.4 Å². The van der Waals surface area contributed by atoms with E-state index in [0.29, 0.717) is 5.02 Å². The van der Waals surface area contributed by atoms with E-state index in [1.807, 2.05) is 54.6 Å². The van der Waals surface area contributed by atoms with Crippen LogP contribution in [0.3, 0.4) is 0 Å². The number of benzene rings is 2. The van der Waals surface area contributed by atoms with Crippen LogP contribution in [0.25, 0.3) is 0 Å². The molecule has 0 unspecified atom stereocenters. The number of halogens is 1. The summed E-state index contributed by atoms with van der Waals surface area (Å²) in [5.41, 5.74) is 1.76. The third-order valence-corrected chi connectivity index (χ3v) is 2.38. The summed E-state index contributed by atoms with van der Waals surface area (Å²) in [5.74, 6) is 0. The fourth-order valence-corrected chi connectivity index (χ4v) is 1.45. The Morgan fingerprint density at radius 2 is 1.62 bits per heavy atom. The summed E-state index contributed by atoms with van der Waals surface area (Å²) in [6, 6.07) is 17.3. The van der Waals surface area contributed by atoms with Crippen LogP contribution in [0.2, 0.25) is 5.02 Å². The first-order valence-corrected chi connectivity index (χ1v) is 5.33. The highest BCUT2D eigenvalue weighted by Crippen LogP contribution is 2.22. The quantitative estimate of drug-likeness (QED) is 0.623. The molecular formula is C13H11ClN2. The molecule has 0 spiro atoms. The third kappa shape index (κ3) is 2.84. The zero-order valence-corrected chi connectivity index (χ0v) is 9.35. The van der Waals surface area contributed by atoms with E-state index in [1.54, 1.807) is 6.34 Å². The van der Waals surface area contributed by atoms with Crippen LogP contribution in [-0.2, 0) is 0 Å². The van der Waals surface area contributed by atoms with Gasteiger partial charge in [-0.25, -0.2) is 4.99 Å². The lowest BCUT2D eigenvalue weighted by atomic mass is 10.3. The monoisotopic (exact) mass is 230 g/mol. The van der Waals surface area contributed by atoms with Crippen molar-refractivity contribution in [2.24, 2.45) is 4.99 Å². The molecule has 2 aromatic carbocycles. The highest BCUT2D eigenvalue weighted by atomic mass is 35.5. The van der Waals surface area contributed by atoms with Crippen molar-refractivity contribution < 1.29 is 0 Å². The molecule has 3 heteroatoms. The standard InChI is InChI=1S/C13H11ClN2/c14-12-8-4-5-9-13(12)16-10-15-11-6-2-1-3-7-11/h1-10H,(H,15,16). The van der Waals surface area contributed by atoms with E-state index in [2.05, 4.69) is 10.3 Å². The van der Waals surface area contributed by atoms with Crippen molar-refractivity contribution in [1.29, 1.82) is 0 Å².